The number of likely N-dealkylation sites (N-methyl/N-ethyl adjacent to an activating group) is 1. The molecule has 6 nitrogen and oxygen atoms in total. The van der Waals surface area contributed by atoms with Crippen LogP contribution in [0.5, 0.6) is 5.75 Å². The number of nitrogens with one attached hydrogen (secondary N) is 2. The summed E-state index contributed by atoms with van der Waals surface area (Å²) < 4.78 is 5.92. The zero-order valence-electron chi connectivity index (χ0n) is 14.5. The van der Waals surface area contributed by atoms with Gasteiger partial charge in [0.15, 0.2) is 5.96 Å². The number of para-hydroxylation sites is 1. The molecule has 0 spiro atoms. The molecular weight excluding hydrogens is 324 g/mol. The van der Waals surface area contributed by atoms with Gasteiger partial charge in [-0.05, 0) is 17.9 Å². The van der Waals surface area contributed by atoms with E-state index in [2.05, 4.69) is 27.9 Å². The van der Waals surface area contributed by atoms with Crippen LogP contribution >= 0.6 is 11.8 Å². The van der Waals surface area contributed by atoms with Gasteiger partial charge in [0.1, 0.15) is 18.4 Å². The monoisotopic (exact) mass is 350 g/mol. The Morgan fingerprint density at radius 2 is 2.17 bits per heavy atom. The van der Waals surface area contributed by atoms with Crippen LogP contribution in [0.4, 0.5) is 0 Å². The van der Waals surface area contributed by atoms with Crippen molar-refractivity contribution >= 4 is 23.6 Å². The number of benzene rings is 1. The lowest BCUT2D eigenvalue weighted by molar-refractivity contribution is -0.127. The third-order valence-electron chi connectivity index (χ3n) is 3.68. The fourth-order valence-corrected chi connectivity index (χ4v) is 2.62. The number of fused-ring (bicyclic) bond motifs is 1. The summed E-state index contributed by atoms with van der Waals surface area (Å²) in [6, 6.07) is 8.10. The smallest absolute Gasteiger partial charge is 0.243 e. The summed E-state index contributed by atoms with van der Waals surface area (Å²) in [6.07, 6.45) is 3.03. The number of thioether (sulfide) groups is 1. The Hall–Kier alpha value is -1.89. The van der Waals surface area contributed by atoms with E-state index in [1.165, 1.54) is 5.56 Å². The first-order chi connectivity index (χ1) is 11.6. The van der Waals surface area contributed by atoms with E-state index in [-0.39, 0.29) is 18.6 Å². The molecule has 0 saturated carbocycles. The van der Waals surface area contributed by atoms with E-state index in [9.17, 15) is 4.79 Å². The fraction of sp³-hybridized carbons (Fsp3) is 0.529. The highest BCUT2D eigenvalue weighted by Gasteiger charge is 2.22. The average Bonchev–Trinajstić information content (AvgIpc) is 2.99. The maximum Gasteiger partial charge on any atom is 0.243 e. The molecule has 1 amide bonds. The molecular formula is C17H26N4O2S. The van der Waals surface area contributed by atoms with Gasteiger partial charge >= 0.3 is 0 Å². The number of ether oxygens (including phenoxy) is 1. The highest BCUT2D eigenvalue weighted by atomic mass is 32.2. The number of nitrogens with zero attached hydrogens (tertiary/aromatic N) is 2. The molecule has 24 heavy (non-hydrogen) atoms. The topological polar surface area (TPSA) is 66.0 Å². The van der Waals surface area contributed by atoms with Crippen LogP contribution < -0.4 is 15.4 Å². The summed E-state index contributed by atoms with van der Waals surface area (Å²) in [5.74, 6) is 2.57. The number of hydrogen-bond acceptors (Lipinski definition) is 4. The summed E-state index contributed by atoms with van der Waals surface area (Å²) in [4.78, 5) is 17.6. The maximum absolute atomic E-state index is 11.7. The molecule has 2 rings (SSSR count). The Balaban J connectivity index is 1.86. The van der Waals surface area contributed by atoms with Crippen LogP contribution in [0, 0.1) is 0 Å². The molecule has 0 aromatic heterocycles. The molecule has 0 saturated heterocycles. The lowest BCUT2D eigenvalue weighted by Crippen LogP contribution is -2.43. The third kappa shape index (κ3) is 5.63. The van der Waals surface area contributed by atoms with Crippen LogP contribution in [0.15, 0.2) is 29.3 Å². The first-order valence-corrected chi connectivity index (χ1v) is 9.45. The van der Waals surface area contributed by atoms with Crippen LogP contribution in [0.1, 0.15) is 5.56 Å². The summed E-state index contributed by atoms with van der Waals surface area (Å²) in [5.41, 5.74) is 1.24. The van der Waals surface area contributed by atoms with Crippen molar-refractivity contribution < 1.29 is 9.53 Å². The average molecular weight is 350 g/mol. The Morgan fingerprint density at radius 1 is 1.38 bits per heavy atom. The van der Waals surface area contributed by atoms with E-state index >= 15 is 0 Å². The Kier molecular flexibility index (Phi) is 7.24. The minimum atomic E-state index is -0.0227. The van der Waals surface area contributed by atoms with E-state index in [0.717, 1.165) is 24.5 Å². The first kappa shape index (κ1) is 18.4. The molecule has 1 heterocycles. The van der Waals surface area contributed by atoms with Crippen molar-refractivity contribution in [1.82, 2.24) is 15.5 Å². The highest BCUT2D eigenvalue weighted by molar-refractivity contribution is 7.98. The molecule has 1 aliphatic rings. The number of aliphatic imine (C=N–C) groups is 1. The van der Waals surface area contributed by atoms with Crippen LogP contribution in [0.2, 0.25) is 0 Å². The zero-order chi connectivity index (χ0) is 17.4. The predicted molar refractivity (Wildman–Crippen MR) is 99.9 cm³/mol. The van der Waals surface area contributed by atoms with Gasteiger partial charge in [0.05, 0.1) is 6.54 Å². The standard InChI is InChI=1S/C17H26N4O2S/c1-21(2)16(22)12-20-17(18-8-9-24-3)19-11-14-10-13-6-4-5-7-15(13)23-14/h4-7,14H,8-12H2,1-3H3,(H2,18,19,20). The second kappa shape index (κ2) is 9.42. The van der Waals surface area contributed by atoms with Crippen molar-refractivity contribution in [3.05, 3.63) is 29.8 Å². The lowest BCUT2D eigenvalue weighted by atomic mass is 10.1. The number of amides is 1. The van der Waals surface area contributed by atoms with Crippen LogP contribution in [0.25, 0.3) is 0 Å². The Labute approximate surface area is 148 Å². The summed E-state index contributed by atoms with van der Waals surface area (Å²) >= 11 is 1.76. The van der Waals surface area contributed by atoms with Gasteiger partial charge in [-0.1, -0.05) is 18.2 Å². The largest absolute Gasteiger partial charge is 0.488 e. The van der Waals surface area contributed by atoms with Crippen molar-refractivity contribution in [3.63, 3.8) is 0 Å². The molecule has 0 fully saturated rings. The molecule has 1 aromatic rings. The van der Waals surface area contributed by atoms with Gasteiger partial charge in [0, 0.05) is 32.8 Å². The summed E-state index contributed by atoms with van der Waals surface area (Å²) in [6.45, 7) is 1.58. The molecule has 1 aromatic carbocycles. The minimum Gasteiger partial charge on any atom is -0.488 e. The van der Waals surface area contributed by atoms with Gasteiger partial charge in [-0.3, -0.25) is 4.79 Å². The number of hydrogen-bond donors (Lipinski definition) is 2. The van der Waals surface area contributed by atoms with Crippen molar-refractivity contribution in [2.75, 3.05) is 45.7 Å². The van der Waals surface area contributed by atoms with Gasteiger partial charge in [0.25, 0.3) is 0 Å². The van der Waals surface area contributed by atoms with Crippen molar-refractivity contribution in [1.29, 1.82) is 0 Å². The summed E-state index contributed by atoms with van der Waals surface area (Å²) in [7, 11) is 3.46. The predicted octanol–water partition coefficient (Wildman–Crippen LogP) is 0.977. The second-order valence-corrected chi connectivity index (χ2v) is 6.79. The first-order valence-electron chi connectivity index (χ1n) is 8.06. The van der Waals surface area contributed by atoms with Gasteiger partial charge in [0.2, 0.25) is 5.91 Å². The van der Waals surface area contributed by atoms with E-state index in [0.29, 0.717) is 12.5 Å². The summed E-state index contributed by atoms with van der Waals surface area (Å²) in [5, 5.41) is 6.54. The highest BCUT2D eigenvalue weighted by Crippen LogP contribution is 2.27. The van der Waals surface area contributed by atoms with Crippen LogP contribution in [0.3, 0.4) is 0 Å². The van der Waals surface area contributed by atoms with E-state index in [1.807, 2.05) is 18.2 Å². The fourth-order valence-electron chi connectivity index (χ4n) is 2.31. The Bertz CT molecular complexity index is 552. The van der Waals surface area contributed by atoms with E-state index in [1.54, 1.807) is 30.8 Å². The van der Waals surface area contributed by atoms with Crippen LogP contribution in [-0.2, 0) is 11.2 Å². The molecule has 0 bridgehead atoms. The number of guanidine groups is 1. The molecule has 1 atom stereocenters. The third-order valence-corrected chi connectivity index (χ3v) is 4.29. The van der Waals surface area contributed by atoms with Gasteiger partial charge in [-0.2, -0.15) is 11.8 Å². The molecule has 1 aliphatic heterocycles. The van der Waals surface area contributed by atoms with Gasteiger partial charge in [-0.25, -0.2) is 4.99 Å². The van der Waals surface area contributed by atoms with Crippen molar-refractivity contribution in [3.8, 4) is 5.75 Å². The van der Waals surface area contributed by atoms with E-state index < -0.39 is 0 Å². The number of rotatable bonds is 7. The van der Waals surface area contributed by atoms with Crippen molar-refractivity contribution in [2.24, 2.45) is 4.99 Å². The second-order valence-electron chi connectivity index (χ2n) is 5.81. The molecule has 0 aliphatic carbocycles. The lowest BCUT2D eigenvalue weighted by Gasteiger charge is -2.16. The Morgan fingerprint density at radius 3 is 2.88 bits per heavy atom. The number of carbonyl (C=O) groups excluding carboxylic acids is 1. The molecule has 2 N–H and O–H groups in total. The maximum atomic E-state index is 11.7. The van der Waals surface area contributed by atoms with Gasteiger partial charge < -0.3 is 20.3 Å². The van der Waals surface area contributed by atoms with Crippen molar-refractivity contribution in [2.45, 2.75) is 12.5 Å². The van der Waals surface area contributed by atoms with E-state index in [4.69, 9.17) is 4.74 Å². The minimum absolute atomic E-state index is 0.0227. The molecule has 132 valence electrons. The quantitative estimate of drug-likeness (QED) is 0.436. The van der Waals surface area contributed by atoms with Gasteiger partial charge in [-0.15, -0.1) is 0 Å². The normalized spacial score (nSPS) is 16.3. The molecule has 7 heteroatoms. The SMILES string of the molecule is CSCCNC(=NCC(=O)N(C)C)NCC1Cc2ccccc2O1. The van der Waals surface area contributed by atoms with Crippen LogP contribution in [-0.4, -0.2) is 68.6 Å². The number of carbonyl (C=O) groups is 1. The zero-order valence-corrected chi connectivity index (χ0v) is 15.4. The molecule has 1 unspecified atom stereocenters. The molecule has 0 radical (unpaired) electrons.